The largest absolute Gasteiger partial charge is 0.416 e. The first-order valence-corrected chi connectivity index (χ1v) is 11.8. The normalized spacial score (nSPS) is 12.6. The van der Waals surface area contributed by atoms with E-state index in [0.717, 1.165) is 24.2 Å². The molecule has 0 aliphatic rings. The Morgan fingerprint density at radius 2 is 1.93 bits per heavy atom. The Morgan fingerprint density at radius 1 is 1.23 bits per heavy atom. The fraction of sp³-hybridized carbons (Fsp3) is 0.316. The number of carbonyl (C=O) groups excluding carboxylic acids is 1. The number of halogens is 5. The zero-order valence-electron chi connectivity index (χ0n) is 15.9. The topological polar surface area (TPSA) is 55.4 Å². The summed E-state index contributed by atoms with van der Waals surface area (Å²) in [6, 6.07) is 6.64. The Morgan fingerprint density at radius 3 is 2.53 bits per heavy atom. The van der Waals surface area contributed by atoms with Gasteiger partial charge >= 0.3 is 6.18 Å². The van der Waals surface area contributed by atoms with Gasteiger partial charge < -0.3 is 9.50 Å². The second kappa shape index (κ2) is 10.9. The highest BCUT2D eigenvalue weighted by molar-refractivity contribution is 7.93. The van der Waals surface area contributed by atoms with Gasteiger partial charge in [0.1, 0.15) is 0 Å². The molecular weight excluding hydrogens is 482 g/mol. The molecule has 0 saturated carbocycles. The van der Waals surface area contributed by atoms with Gasteiger partial charge in [-0.15, -0.1) is 0 Å². The molecule has 164 valence electrons. The average molecular weight is 500 g/mol. The predicted molar refractivity (Wildman–Crippen MR) is 114 cm³/mol. The smallest absolute Gasteiger partial charge is 0.348 e. The first-order chi connectivity index (χ1) is 14.1. The number of benzene rings is 2. The molecule has 0 radical (unpaired) electrons. The lowest BCUT2D eigenvalue weighted by Gasteiger charge is -2.16. The van der Waals surface area contributed by atoms with Gasteiger partial charge in [-0.2, -0.15) is 13.2 Å². The quantitative estimate of drug-likeness (QED) is 0.461. The summed E-state index contributed by atoms with van der Waals surface area (Å²) >= 11 is 12.9. The van der Waals surface area contributed by atoms with Crippen LogP contribution in [-0.4, -0.2) is 22.1 Å². The number of amides is 1. The molecule has 0 bridgehead atoms. The van der Waals surface area contributed by atoms with Crippen molar-refractivity contribution in [3.63, 3.8) is 0 Å². The molecule has 0 heterocycles. The average Bonchev–Trinajstić information content (AvgIpc) is 2.69. The molecule has 1 amide bonds. The SMILES string of the molecule is CCS(=O)c1ccc(Cl)cc1CNC(=O)c1cc(Cl)c(COSC)c(C(F)(F)F)c1. The fourth-order valence-electron chi connectivity index (χ4n) is 2.63. The summed E-state index contributed by atoms with van der Waals surface area (Å²) in [4.78, 5) is 13.0. The summed E-state index contributed by atoms with van der Waals surface area (Å²) in [6.45, 7) is 1.33. The van der Waals surface area contributed by atoms with E-state index in [2.05, 4.69) is 5.32 Å². The minimum atomic E-state index is -4.71. The molecule has 1 N–H and O–H groups in total. The van der Waals surface area contributed by atoms with Crippen molar-refractivity contribution in [3.8, 4) is 0 Å². The van der Waals surface area contributed by atoms with Crippen LogP contribution in [0.15, 0.2) is 35.2 Å². The molecule has 2 aromatic carbocycles. The van der Waals surface area contributed by atoms with E-state index in [1.807, 2.05) is 0 Å². The summed E-state index contributed by atoms with van der Waals surface area (Å²) < 4.78 is 57.6. The van der Waals surface area contributed by atoms with E-state index in [-0.39, 0.29) is 29.3 Å². The Labute approximate surface area is 189 Å². The summed E-state index contributed by atoms with van der Waals surface area (Å²) in [5.41, 5.74) is -1.01. The monoisotopic (exact) mass is 499 g/mol. The van der Waals surface area contributed by atoms with Crippen LogP contribution in [0.1, 0.15) is 34.0 Å². The molecule has 1 atom stereocenters. The minimum Gasteiger partial charge on any atom is -0.348 e. The number of hydrogen-bond acceptors (Lipinski definition) is 4. The van der Waals surface area contributed by atoms with Gasteiger partial charge in [0.2, 0.25) is 0 Å². The van der Waals surface area contributed by atoms with Crippen LogP contribution in [-0.2, 0) is 34.3 Å². The zero-order chi connectivity index (χ0) is 22.5. The van der Waals surface area contributed by atoms with Crippen LogP contribution in [0.4, 0.5) is 13.2 Å². The number of nitrogens with one attached hydrogen (secondary N) is 1. The Hall–Kier alpha value is -1.26. The highest BCUT2D eigenvalue weighted by atomic mass is 35.5. The van der Waals surface area contributed by atoms with Crippen molar-refractivity contribution in [3.05, 3.63) is 62.6 Å². The summed E-state index contributed by atoms with van der Waals surface area (Å²) in [7, 11) is -1.29. The van der Waals surface area contributed by atoms with Gasteiger partial charge in [-0.3, -0.25) is 9.00 Å². The Balaban J connectivity index is 2.31. The Kier molecular flexibility index (Phi) is 9.05. The highest BCUT2D eigenvalue weighted by Crippen LogP contribution is 2.37. The van der Waals surface area contributed by atoms with Crippen molar-refractivity contribution in [2.24, 2.45) is 0 Å². The van der Waals surface area contributed by atoms with E-state index in [9.17, 15) is 22.2 Å². The maximum absolute atomic E-state index is 13.5. The third-order valence-corrected chi connectivity index (χ3v) is 6.39. The van der Waals surface area contributed by atoms with Crippen molar-refractivity contribution in [2.45, 2.75) is 31.1 Å². The van der Waals surface area contributed by atoms with Gasteiger partial charge in [0.15, 0.2) is 0 Å². The van der Waals surface area contributed by atoms with Crippen molar-refractivity contribution >= 4 is 52.0 Å². The second-order valence-electron chi connectivity index (χ2n) is 5.98. The molecule has 0 saturated heterocycles. The maximum Gasteiger partial charge on any atom is 0.416 e. The first-order valence-electron chi connectivity index (χ1n) is 8.58. The van der Waals surface area contributed by atoms with Crippen LogP contribution in [0, 0.1) is 0 Å². The van der Waals surface area contributed by atoms with Crippen LogP contribution in [0.3, 0.4) is 0 Å². The fourth-order valence-corrected chi connectivity index (χ4v) is 4.29. The maximum atomic E-state index is 13.5. The lowest BCUT2D eigenvalue weighted by Crippen LogP contribution is -2.24. The van der Waals surface area contributed by atoms with E-state index >= 15 is 0 Å². The third kappa shape index (κ3) is 6.37. The standard InChI is InChI=1S/C19H18Cl2F3NO3S2/c1-3-30(27)17-5-4-13(20)6-12(17)9-25-18(26)11-7-15(19(22,23)24)14(10-28-29-2)16(21)8-11/h4-8H,3,9-10H2,1-2H3,(H,25,26). The summed E-state index contributed by atoms with van der Waals surface area (Å²) in [5.74, 6) is -0.389. The molecule has 30 heavy (non-hydrogen) atoms. The number of carbonyl (C=O) groups is 1. The van der Waals surface area contributed by atoms with Gasteiger partial charge in [0, 0.05) is 44.6 Å². The van der Waals surface area contributed by atoms with E-state index in [1.54, 1.807) is 31.4 Å². The van der Waals surface area contributed by atoms with Crippen LogP contribution in [0.25, 0.3) is 0 Å². The highest BCUT2D eigenvalue weighted by Gasteiger charge is 2.35. The molecule has 2 aromatic rings. The van der Waals surface area contributed by atoms with Gasteiger partial charge in [-0.05, 0) is 47.9 Å². The minimum absolute atomic E-state index is 0.0588. The van der Waals surface area contributed by atoms with Crippen LogP contribution < -0.4 is 5.32 Å². The Bertz CT molecular complexity index is 955. The molecule has 0 aliphatic carbocycles. The molecule has 11 heteroatoms. The van der Waals surface area contributed by atoms with E-state index in [4.69, 9.17) is 27.4 Å². The van der Waals surface area contributed by atoms with Crippen molar-refractivity contribution < 1.29 is 26.4 Å². The van der Waals surface area contributed by atoms with Crippen LogP contribution in [0.2, 0.25) is 10.0 Å². The molecule has 0 aromatic heterocycles. The van der Waals surface area contributed by atoms with Crippen LogP contribution in [0.5, 0.6) is 0 Å². The van der Waals surface area contributed by atoms with Crippen molar-refractivity contribution in [2.75, 3.05) is 12.0 Å². The van der Waals surface area contributed by atoms with Crippen molar-refractivity contribution in [1.29, 1.82) is 0 Å². The van der Waals surface area contributed by atoms with E-state index in [1.165, 1.54) is 0 Å². The summed E-state index contributed by atoms with van der Waals surface area (Å²) in [6.07, 6.45) is -3.15. The molecule has 0 aliphatic heterocycles. The predicted octanol–water partition coefficient (Wildman–Crippen LogP) is 5.86. The third-order valence-electron chi connectivity index (χ3n) is 4.05. The first kappa shape index (κ1) is 25.0. The molecule has 0 fully saturated rings. The molecular formula is C19H18Cl2F3NO3S2. The molecule has 1 unspecified atom stereocenters. The van der Waals surface area contributed by atoms with E-state index < -0.39 is 28.4 Å². The van der Waals surface area contributed by atoms with Gasteiger partial charge in [0.25, 0.3) is 5.91 Å². The molecule has 2 rings (SSSR count). The number of rotatable bonds is 8. The van der Waals surface area contributed by atoms with Crippen LogP contribution >= 0.6 is 35.2 Å². The van der Waals surface area contributed by atoms with Gasteiger partial charge in [-0.25, -0.2) is 0 Å². The lowest BCUT2D eigenvalue weighted by molar-refractivity contribution is -0.138. The van der Waals surface area contributed by atoms with Gasteiger partial charge in [-0.1, -0.05) is 30.1 Å². The summed E-state index contributed by atoms with van der Waals surface area (Å²) in [5, 5.41) is 2.70. The molecule has 0 spiro atoms. The zero-order valence-corrected chi connectivity index (χ0v) is 19.1. The molecule has 4 nitrogen and oxygen atoms in total. The second-order valence-corrected chi connectivity index (χ2v) is 9.10. The van der Waals surface area contributed by atoms with Gasteiger partial charge in [0.05, 0.1) is 23.0 Å². The number of hydrogen-bond donors (Lipinski definition) is 1. The number of alkyl halides is 3. The van der Waals surface area contributed by atoms with Crippen molar-refractivity contribution in [1.82, 2.24) is 5.32 Å². The lowest BCUT2D eigenvalue weighted by atomic mass is 10.0. The van der Waals surface area contributed by atoms with E-state index in [0.29, 0.717) is 21.2 Å².